The lowest BCUT2D eigenvalue weighted by Crippen LogP contribution is -2.27. The van der Waals surface area contributed by atoms with Crippen LogP contribution in [-0.2, 0) is 0 Å². The van der Waals surface area contributed by atoms with Crippen LogP contribution in [-0.4, -0.2) is 22.4 Å². The predicted molar refractivity (Wildman–Crippen MR) is 105 cm³/mol. The fraction of sp³-hybridized carbons (Fsp3) is 0.318. The van der Waals surface area contributed by atoms with Gasteiger partial charge < -0.3 is 24.1 Å². The number of phenolic OH excluding ortho intramolecular Hbond substituents is 2. The van der Waals surface area contributed by atoms with E-state index in [2.05, 4.69) is 0 Å². The molecule has 0 unspecified atom stereocenters. The van der Waals surface area contributed by atoms with Crippen LogP contribution in [0.15, 0.2) is 33.5 Å². The lowest BCUT2D eigenvalue weighted by atomic mass is 9.99. The van der Waals surface area contributed by atoms with Crippen molar-refractivity contribution in [2.75, 3.05) is 6.61 Å². The minimum Gasteiger partial charge on any atom is -0.507 e. The number of rotatable bonds is 3. The number of aromatic hydroxyl groups is 2. The third kappa shape index (κ3) is 2.68. The topological polar surface area (TPSA) is 89.1 Å². The van der Waals surface area contributed by atoms with Crippen LogP contribution in [0.5, 0.6) is 23.0 Å². The van der Waals surface area contributed by atoms with E-state index in [4.69, 9.17) is 13.9 Å². The van der Waals surface area contributed by atoms with Crippen LogP contribution < -0.4 is 14.9 Å². The third-order valence-electron chi connectivity index (χ3n) is 5.20. The first kappa shape index (κ1) is 17.0. The molecule has 0 atom stereocenters. The summed E-state index contributed by atoms with van der Waals surface area (Å²) in [7, 11) is 0. The summed E-state index contributed by atoms with van der Waals surface area (Å²) >= 11 is 0. The highest BCUT2D eigenvalue weighted by Crippen LogP contribution is 2.42. The highest BCUT2D eigenvalue weighted by molar-refractivity contribution is 5.99. The normalized spacial score (nSPS) is 17.5. The Morgan fingerprint density at radius 2 is 1.89 bits per heavy atom. The minimum absolute atomic E-state index is 0.0150. The van der Waals surface area contributed by atoms with Crippen LogP contribution in [0.1, 0.15) is 32.3 Å². The average Bonchev–Trinajstić information content (AvgIpc) is 3.42. The van der Waals surface area contributed by atoms with Gasteiger partial charge in [-0.15, -0.1) is 0 Å². The summed E-state index contributed by atoms with van der Waals surface area (Å²) in [5, 5.41) is 21.1. The van der Waals surface area contributed by atoms with Crippen molar-refractivity contribution in [3.63, 3.8) is 0 Å². The summed E-state index contributed by atoms with van der Waals surface area (Å²) in [5.41, 5.74) is -0.220. The predicted octanol–water partition coefficient (Wildman–Crippen LogP) is 4.33. The van der Waals surface area contributed by atoms with Gasteiger partial charge in [0, 0.05) is 18.2 Å². The minimum atomic E-state index is -0.535. The van der Waals surface area contributed by atoms with E-state index in [1.807, 2.05) is 19.9 Å². The molecule has 2 heterocycles. The van der Waals surface area contributed by atoms with Gasteiger partial charge in [-0.1, -0.05) is 0 Å². The van der Waals surface area contributed by atoms with Crippen molar-refractivity contribution < 1.29 is 24.1 Å². The van der Waals surface area contributed by atoms with Crippen molar-refractivity contribution in [3.05, 3.63) is 40.1 Å². The largest absolute Gasteiger partial charge is 0.507 e. The monoisotopic (exact) mass is 380 g/mol. The van der Waals surface area contributed by atoms with Crippen LogP contribution in [0.3, 0.4) is 0 Å². The molecule has 6 heteroatoms. The fourth-order valence-corrected chi connectivity index (χ4v) is 3.49. The van der Waals surface area contributed by atoms with Gasteiger partial charge >= 0.3 is 0 Å². The summed E-state index contributed by atoms with van der Waals surface area (Å²) in [5.74, 6) is 0.984. The van der Waals surface area contributed by atoms with E-state index in [1.165, 1.54) is 6.07 Å². The number of fused-ring (bicyclic) bond motifs is 3. The molecule has 0 saturated heterocycles. The summed E-state index contributed by atoms with van der Waals surface area (Å²) in [6.45, 7) is 4.36. The molecule has 3 aromatic rings. The van der Waals surface area contributed by atoms with E-state index in [0.717, 1.165) is 12.8 Å². The SMILES string of the molecule is CC1(C)C=Cc2c(cc3oc4cc(OCC5CC5)cc(O)c4c(=O)c3c2O)O1. The summed E-state index contributed by atoms with van der Waals surface area (Å²) in [6.07, 6.45) is 5.83. The zero-order valence-electron chi connectivity index (χ0n) is 15.6. The maximum absolute atomic E-state index is 13.0. The molecule has 1 saturated carbocycles. The van der Waals surface area contributed by atoms with E-state index < -0.39 is 11.0 Å². The Bertz CT molecular complexity index is 1210. The Morgan fingerprint density at radius 3 is 2.64 bits per heavy atom. The van der Waals surface area contributed by atoms with E-state index in [0.29, 0.717) is 29.6 Å². The first-order chi connectivity index (χ1) is 13.3. The van der Waals surface area contributed by atoms with Gasteiger partial charge in [0.1, 0.15) is 50.5 Å². The van der Waals surface area contributed by atoms with Gasteiger partial charge in [-0.05, 0) is 44.8 Å². The molecular weight excluding hydrogens is 360 g/mol. The van der Waals surface area contributed by atoms with Crippen LogP contribution >= 0.6 is 0 Å². The van der Waals surface area contributed by atoms with Crippen LogP contribution in [0.4, 0.5) is 0 Å². The van der Waals surface area contributed by atoms with Gasteiger partial charge in [0.15, 0.2) is 0 Å². The Morgan fingerprint density at radius 1 is 1.14 bits per heavy atom. The highest BCUT2D eigenvalue weighted by Gasteiger charge is 2.27. The molecule has 0 radical (unpaired) electrons. The Labute approximate surface area is 160 Å². The van der Waals surface area contributed by atoms with Crippen molar-refractivity contribution in [1.29, 1.82) is 0 Å². The third-order valence-corrected chi connectivity index (χ3v) is 5.20. The number of phenols is 2. The quantitative estimate of drug-likeness (QED) is 0.658. The molecule has 1 aromatic heterocycles. The maximum atomic E-state index is 13.0. The lowest BCUT2D eigenvalue weighted by Gasteiger charge is -2.28. The smallest absolute Gasteiger partial charge is 0.208 e. The van der Waals surface area contributed by atoms with E-state index in [9.17, 15) is 15.0 Å². The molecule has 1 fully saturated rings. The van der Waals surface area contributed by atoms with Crippen LogP contribution in [0, 0.1) is 5.92 Å². The summed E-state index contributed by atoms with van der Waals surface area (Å²) in [4.78, 5) is 13.0. The molecule has 2 aromatic carbocycles. The standard InChI is InChI=1S/C22H20O6/c1-22(2)6-5-13-15(28-22)9-17-19(20(13)24)21(25)18-14(23)7-12(8-16(18)27-17)26-10-11-3-4-11/h5-9,11,23-24H,3-4,10H2,1-2H3. The number of hydrogen-bond donors (Lipinski definition) is 2. The Hall–Kier alpha value is -3.15. The molecule has 1 aliphatic heterocycles. The van der Waals surface area contributed by atoms with Gasteiger partial charge in [-0.2, -0.15) is 0 Å². The van der Waals surface area contributed by atoms with E-state index in [-0.39, 0.29) is 33.4 Å². The zero-order chi connectivity index (χ0) is 19.6. The molecule has 28 heavy (non-hydrogen) atoms. The van der Waals surface area contributed by atoms with Gasteiger partial charge in [0.05, 0.1) is 12.2 Å². The molecule has 1 aliphatic carbocycles. The second-order valence-corrected chi connectivity index (χ2v) is 8.05. The molecule has 5 rings (SSSR count). The Kier molecular flexibility index (Phi) is 3.44. The molecule has 0 spiro atoms. The van der Waals surface area contributed by atoms with Gasteiger partial charge in [0.2, 0.25) is 5.43 Å². The van der Waals surface area contributed by atoms with Crippen molar-refractivity contribution >= 4 is 28.0 Å². The number of hydrogen-bond acceptors (Lipinski definition) is 6. The fourth-order valence-electron chi connectivity index (χ4n) is 3.49. The molecule has 6 nitrogen and oxygen atoms in total. The molecule has 2 aliphatic rings. The Balaban J connectivity index is 1.73. The average molecular weight is 380 g/mol. The van der Waals surface area contributed by atoms with Crippen molar-refractivity contribution in [2.24, 2.45) is 5.92 Å². The van der Waals surface area contributed by atoms with E-state index in [1.54, 1.807) is 18.2 Å². The number of benzene rings is 2. The van der Waals surface area contributed by atoms with Gasteiger partial charge in [-0.25, -0.2) is 0 Å². The molecule has 0 amide bonds. The van der Waals surface area contributed by atoms with Crippen molar-refractivity contribution in [1.82, 2.24) is 0 Å². The highest BCUT2D eigenvalue weighted by atomic mass is 16.5. The van der Waals surface area contributed by atoms with Crippen molar-refractivity contribution in [3.8, 4) is 23.0 Å². The summed E-state index contributed by atoms with van der Waals surface area (Å²) in [6, 6.07) is 4.61. The molecule has 2 N–H and O–H groups in total. The molecule has 144 valence electrons. The van der Waals surface area contributed by atoms with Crippen molar-refractivity contribution in [2.45, 2.75) is 32.3 Å². The summed E-state index contributed by atoms with van der Waals surface area (Å²) < 4.78 is 17.5. The number of ether oxygens (including phenoxy) is 2. The van der Waals surface area contributed by atoms with Crippen LogP contribution in [0.2, 0.25) is 0 Å². The zero-order valence-corrected chi connectivity index (χ0v) is 15.6. The first-order valence-corrected chi connectivity index (χ1v) is 9.33. The maximum Gasteiger partial charge on any atom is 0.208 e. The van der Waals surface area contributed by atoms with Gasteiger partial charge in [-0.3, -0.25) is 4.79 Å². The molecule has 0 bridgehead atoms. The van der Waals surface area contributed by atoms with E-state index >= 15 is 0 Å². The molecular formula is C22H20O6. The first-order valence-electron chi connectivity index (χ1n) is 9.33. The van der Waals surface area contributed by atoms with Crippen LogP contribution in [0.25, 0.3) is 28.0 Å². The lowest BCUT2D eigenvalue weighted by molar-refractivity contribution is 0.158. The second kappa shape index (κ2) is 5.67. The second-order valence-electron chi connectivity index (χ2n) is 8.05. The van der Waals surface area contributed by atoms with Gasteiger partial charge in [0.25, 0.3) is 0 Å².